The van der Waals surface area contributed by atoms with Crippen molar-refractivity contribution in [1.29, 1.82) is 0 Å². The van der Waals surface area contributed by atoms with E-state index in [1.165, 1.54) is 11.1 Å². The SMILES string of the molecule is Cc1ncc(C(=O)N2CCOC(C(=O)O)C2)c(C)n1. The van der Waals surface area contributed by atoms with E-state index in [0.29, 0.717) is 23.6 Å². The molecule has 1 unspecified atom stereocenters. The van der Waals surface area contributed by atoms with Gasteiger partial charge in [0.25, 0.3) is 5.91 Å². The molecule has 1 aliphatic rings. The number of amides is 1. The quantitative estimate of drug-likeness (QED) is 0.810. The Hall–Kier alpha value is -2.02. The topological polar surface area (TPSA) is 92.6 Å². The fraction of sp³-hybridized carbons (Fsp3) is 0.500. The average molecular weight is 265 g/mol. The van der Waals surface area contributed by atoms with Crippen LogP contribution in [-0.2, 0) is 9.53 Å². The van der Waals surface area contributed by atoms with Gasteiger partial charge in [0.15, 0.2) is 6.10 Å². The minimum Gasteiger partial charge on any atom is -0.479 e. The Morgan fingerprint density at radius 2 is 2.21 bits per heavy atom. The Balaban J connectivity index is 2.17. The van der Waals surface area contributed by atoms with Crippen LogP contribution < -0.4 is 0 Å². The smallest absolute Gasteiger partial charge is 0.334 e. The van der Waals surface area contributed by atoms with Gasteiger partial charge in [0, 0.05) is 12.7 Å². The molecule has 102 valence electrons. The molecule has 0 aromatic carbocycles. The molecule has 0 saturated carbocycles. The fourth-order valence-electron chi connectivity index (χ4n) is 1.95. The highest BCUT2D eigenvalue weighted by Crippen LogP contribution is 2.12. The first-order valence-electron chi connectivity index (χ1n) is 5.93. The second-order valence-corrected chi connectivity index (χ2v) is 4.37. The van der Waals surface area contributed by atoms with Crippen molar-refractivity contribution in [2.24, 2.45) is 0 Å². The molecule has 1 saturated heterocycles. The van der Waals surface area contributed by atoms with Gasteiger partial charge < -0.3 is 14.7 Å². The molecule has 19 heavy (non-hydrogen) atoms. The van der Waals surface area contributed by atoms with E-state index in [1.807, 2.05) is 0 Å². The maximum atomic E-state index is 12.3. The molecule has 1 fully saturated rings. The van der Waals surface area contributed by atoms with Gasteiger partial charge in [0.2, 0.25) is 0 Å². The number of aromatic nitrogens is 2. The Bertz CT molecular complexity index is 518. The predicted molar refractivity (Wildman–Crippen MR) is 64.8 cm³/mol. The molecule has 1 aromatic rings. The highest BCUT2D eigenvalue weighted by molar-refractivity contribution is 5.95. The third-order valence-electron chi connectivity index (χ3n) is 2.96. The maximum Gasteiger partial charge on any atom is 0.334 e. The van der Waals surface area contributed by atoms with E-state index in [1.54, 1.807) is 13.8 Å². The molecular formula is C12H15N3O4. The first-order valence-corrected chi connectivity index (χ1v) is 5.93. The minimum absolute atomic E-state index is 0.0431. The van der Waals surface area contributed by atoms with Crippen LogP contribution >= 0.6 is 0 Å². The molecule has 1 N–H and O–H groups in total. The van der Waals surface area contributed by atoms with Crippen LogP contribution in [0.5, 0.6) is 0 Å². The van der Waals surface area contributed by atoms with E-state index in [2.05, 4.69) is 9.97 Å². The average Bonchev–Trinajstić information content (AvgIpc) is 2.38. The number of carboxylic acids is 1. The summed E-state index contributed by atoms with van der Waals surface area (Å²) in [6, 6.07) is 0. The van der Waals surface area contributed by atoms with Crippen molar-refractivity contribution in [3.8, 4) is 0 Å². The molecule has 1 aromatic heterocycles. The molecule has 2 heterocycles. The Morgan fingerprint density at radius 1 is 1.47 bits per heavy atom. The molecule has 0 aliphatic carbocycles. The number of nitrogens with zero attached hydrogens (tertiary/aromatic N) is 3. The lowest BCUT2D eigenvalue weighted by Crippen LogP contribution is -2.48. The number of hydrogen-bond acceptors (Lipinski definition) is 5. The monoisotopic (exact) mass is 265 g/mol. The largest absolute Gasteiger partial charge is 0.479 e. The van der Waals surface area contributed by atoms with Gasteiger partial charge in [0.05, 0.1) is 24.4 Å². The van der Waals surface area contributed by atoms with Gasteiger partial charge in [-0.25, -0.2) is 14.8 Å². The van der Waals surface area contributed by atoms with E-state index in [4.69, 9.17) is 9.84 Å². The Kier molecular flexibility index (Phi) is 3.75. The molecule has 1 amide bonds. The van der Waals surface area contributed by atoms with Crippen LogP contribution in [0, 0.1) is 13.8 Å². The molecule has 7 nitrogen and oxygen atoms in total. The summed E-state index contributed by atoms with van der Waals surface area (Å²) in [5.74, 6) is -0.721. The Morgan fingerprint density at radius 3 is 2.84 bits per heavy atom. The molecule has 2 rings (SSSR count). The van der Waals surface area contributed by atoms with Gasteiger partial charge in [-0.2, -0.15) is 0 Å². The van der Waals surface area contributed by atoms with E-state index >= 15 is 0 Å². The summed E-state index contributed by atoms with van der Waals surface area (Å²) in [4.78, 5) is 32.8. The van der Waals surface area contributed by atoms with Crippen molar-refractivity contribution < 1.29 is 19.4 Å². The molecule has 0 spiro atoms. The van der Waals surface area contributed by atoms with Crippen LogP contribution in [0.15, 0.2) is 6.20 Å². The molecule has 1 atom stereocenters. The number of morpholine rings is 1. The third-order valence-corrected chi connectivity index (χ3v) is 2.96. The highest BCUT2D eigenvalue weighted by Gasteiger charge is 2.30. The van der Waals surface area contributed by atoms with Gasteiger partial charge in [-0.05, 0) is 13.8 Å². The van der Waals surface area contributed by atoms with E-state index in [9.17, 15) is 9.59 Å². The lowest BCUT2D eigenvalue weighted by atomic mass is 10.2. The van der Waals surface area contributed by atoms with Crippen LogP contribution in [-0.4, -0.2) is 57.7 Å². The first-order chi connectivity index (χ1) is 8.99. The fourth-order valence-corrected chi connectivity index (χ4v) is 1.95. The lowest BCUT2D eigenvalue weighted by Gasteiger charge is -2.31. The van der Waals surface area contributed by atoms with Crippen molar-refractivity contribution in [2.45, 2.75) is 20.0 Å². The van der Waals surface area contributed by atoms with E-state index in [0.717, 1.165) is 0 Å². The van der Waals surface area contributed by atoms with Crippen LogP contribution in [0.1, 0.15) is 21.9 Å². The molecular weight excluding hydrogens is 250 g/mol. The van der Waals surface area contributed by atoms with Crippen molar-refractivity contribution in [2.75, 3.05) is 19.7 Å². The summed E-state index contributed by atoms with van der Waals surface area (Å²) < 4.78 is 5.08. The zero-order valence-electron chi connectivity index (χ0n) is 10.8. The van der Waals surface area contributed by atoms with Crippen LogP contribution in [0.25, 0.3) is 0 Å². The molecule has 0 radical (unpaired) electrons. The summed E-state index contributed by atoms with van der Waals surface area (Å²) in [6.07, 6.45) is 0.509. The molecule has 0 bridgehead atoms. The predicted octanol–water partition coefficient (Wildman–Crippen LogP) is 0.0190. The number of rotatable bonds is 2. The van der Waals surface area contributed by atoms with Gasteiger partial charge in [-0.1, -0.05) is 0 Å². The lowest BCUT2D eigenvalue weighted by molar-refractivity contribution is -0.154. The minimum atomic E-state index is -1.06. The van der Waals surface area contributed by atoms with Crippen molar-refractivity contribution >= 4 is 11.9 Å². The van der Waals surface area contributed by atoms with Crippen LogP contribution in [0.4, 0.5) is 0 Å². The summed E-state index contributed by atoms with van der Waals surface area (Å²) in [5, 5.41) is 8.91. The van der Waals surface area contributed by atoms with Crippen molar-refractivity contribution in [3.63, 3.8) is 0 Å². The Labute approximate surface area is 110 Å². The normalized spacial score (nSPS) is 19.3. The third kappa shape index (κ3) is 2.87. The first kappa shape index (κ1) is 13.4. The number of carboxylic acid groups (broad SMARTS) is 1. The molecule has 1 aliphatic heterocycles. The van der Waals surface area contributed by atoms with Crippen molar-refractivity contribution in [3.05, 3.63) is 23.3 Å². The number of ether oxygens (including phenoxy) is 1. The second-order valence-electron chi connectivity index (χ2n) is 4.37. The number of hydrogen-bond donors (Lipinski definition) is 1. The van der Waals surface area contributed by atoms with E-state index in [-0.39, 0.29) is 19.1 Å². The van der Waals surface area contributed by atoms with Gasteiger partial charge in [-0.3, -0.25) is 4.79 Å². The second kappa shape index (κ2) is 5.31. The number of carbonyl (C=O) groups is 2. The standard InChI is InChI=1S/C12H15N3O4/c1-7-9(5-13-8(2)14-7)11(16)15-3-4-19-10(6-15)12(17)18/h5,10H,3-4,6H2,1-2H3,(H,17,18). The van der Waals surface area contributed by atoms with E-state index < -0.39 is 12.1 Å². The van der Waals surface area contributed by atoms with Crippen LogP contribution in [0.3, 0.4) is 0 Å². The number of carbonyl (C=O) groups excluding carboxylic acids is 1. The van der Waals surface area contributed by atoms with Gasteiger partial charge in [-0.15, -0.1) is 0 Å². The summed E-state index contributed by atoms with van der Waals surface area (Å²) >= 11 is 0. The zero-order chi connectivity index (χ0) is 14.0. The molecule has 7 heteroatoms. The number of aliphatic carboxylic acids is 1. The zero-order valence-corrected chi connectivity index (χ0v) is 10.8. The summed E-state index contributed by atoms with van der Waals surface area (Å²) in [5.41, 5.74) is 0.993. The maximum absolute atomic E-state index is 12.3. The van der Waals surface area contributed by atoms with Gasteiger partial charge >= 0.3 is 5.97 Å². The number of aryl methyl sites for hydroxylation is 2. The van der Waals surface area contributed by atoms with Crippen LogP contribution in [0.2, 0.25) is 0 Å². The van der Waals surface area contributed by atoms with Gasteiger partial charge in [0.1, 0.15) is 5.82 Å². The summed E-state index contributed by atoms with van der Waals surface area (Å²) in [6.45, 7) is 4.11. The summed E-state index contributed by atoms with van der Waals surface area (Å²) in [7, 11) is 0. The van der Waals surface area contributed by atoms with Crippen molar-refractivity contribution in [1.82, 2.24) is 14.9 Å². The highest BCUT2D eigenvalue weighted by atomic mass is 16.5.